The van der Waals surface area contributed by atoms with Gasteiger partial charge >= 0.3 is 6.61 Å². The molecule has 1 aromatic carbocycles. The number of aldehydes is 1. The molecule has 8 nitrogen and oxygen atoms in total. The molecule has 184 valence electrons. The Balaban J connectivity index is 0.000000229. The average molecular weight is 502 g/mol. The van der Waals surface area contributed by atoms with Crippen molar-refractivity contribution in [2.24, 2.45) is 16.6 Å². The predicted octanol–water partition coefficient (Wildman–Crippen LogP) is 3.39. The van der Waals surface area contributed by atoms with Gasteiger partial charge in [0.05, 0.1) is 24.0 Å². The van der Waals surface area contributed by atoms with E-state index in [1.54, 1.807) is 19.2 Å². The van der Waals surface area contributed by atoms with E-state index in [-0.39, 0.29) is 23.3 Å². The van der Waals surface area contributed by atoms with Crippen molar-refractivity contribution in [2.75, 3.05) is 31.4 Å². The van der Waals surface area contributed by atoms with Crippen molar-refractivity contribution in [3.05, 3.63) is 47.7 Å². The molecule has 0 amide bonds. The average Bonchev–Trinajstić information content (AvgIpc) is 2.84. The number of aromatic nitrogens is 2. The van der Waals surface area contributed by atoms with Crippen molar-refractivity contribution in [3.8, 4) is 5.88 Å². The largest absolute Gasteiger partial charge is 0.415 e. The van der Waals surface area contributed by atoms with Gasteiger partial charge in [0.2, 0.25) is 5.88 Å². The predicted molar refractivity (Wildman–Crippen MR) is 120 cm³/mol. The van der Waals surface area contributed by atoms with Gasteiger partial charge in [-0.15, -0.1) is 0 Å². The molecule has 4 rings (SSSR count). The number of carbonyl (C=O) groups excluding carboxylic acids is 1. The van der Waals surface area contributed by atoms with E-state index < -0.39 is 24.9 Å². The third kappa shape index (κ3) is 5.76. The molecule has 3 unspecified atom stereocenters. The van der Waals surface area contributed by atoms with Crippen LogP contribution >= 0.6 is 11.8 Å². The smallest absolute Gasteiger partial charge is 0.388 e. The molecular weight excluding hydrogens is 478 g/mol. The van der Waals surface area contributed by atoms with Gasteiger partial charge in [-0.3, -0.25) is 9.79 Å². The number of fused-ring (bicyclic) bond motifs is 1. The Morgan fingerprint density at radius 3 is 2.79 bits per heavy atom. The minimum atomic E-state index is -2.93. The highest BCUT2D eigenvalue weighted by Crippen LogP contribution is 2.48. The van der Waals surface area contributed by atoms with Crippen LogP contribution in [0.25, 0.3) is 0 Å². The molecule has 0 saturated carbocycles. The Morgan fingerprint density at radius 1 is 1.38 bits per heavy atom. The monoisotopic (exact) mass is 501 g/mol. The molecule has 3 heterocycles. The molecule has 34 heavy (non-hydrogen) atoms. The number of nitrogens with two attached hydrogens (primary N) is 1. The number of halogens is 4. The number of amidine groups is 1. The van der Waals surface area contributed by atoms with E-state index in [2.05, 4.69) is 25.0 Å². The zero-order chi connectivity index (χ0) is 24.7. The van der Waals surface area contributed by atoms with Crippen LogP contribution in [0.1, 0.15) is 22.5 Å². The first-order valence-corrected chi connectivity index (χ1v) is 11.2. The summed E-state index contributed by atoms with van der Waals surface area (Å²) in [5.74, 6) is -0.305. The normalized spacial score (nSPS) is 23.8. The van der Waals surface area contributed by atoms with Gasteiger partial charge in [0.1, 0.15) is 18.2 Å². The highest BCUT2D eigenvalue weighted by Gasteiger charge is 2.51. The lowest BCUT2D eigenvalue weighted by Crippen LogP contribution is -2.52. The number of carbonyl (C=O) groups is 1. The maximum absolute atomic E-state index is 14.5. The van der Waals surface area contributed by atoms with E-state index >= 15 is 0 Å². The summed E-state index contributed by atoms with van der Waals surface area (Å²) >= 11 is 1.37. The fourth-order valence-corrected chi connectivity index (χ4v) is 4.93. The maximum atomic E-state index is 14.5. The lowest BCUT2D eigenvalue weighted by atomic mass is 9.72. The number of rotatable bonds is 6. The Morgan fingerprint density at radius 2 is 2.18 bits per heavy atom. The van der Waals surface area contributed by atoms with Crippen molar-refractivity contribution < 1.29 is 31.8 Å². The van der Waals surface area contributed by atoms with Crippen LogP contribution in [0.2, 0.25) is 0 Å². The van der Waals surface area contributed by atoms with Crippen molar-refractivity contribution in [1.29, 1.82) is 0 Å². The minimum Gasteiger partial charge on any atom is -0.415 e. The zero-order valence-electron chi connectivity index (χ0n) is 18.1. The summed E-state index contributed by atoms with van der Waals surface area (Å²) < 4.78 is 60.4. The van der Waals surface area contributed by atoms with Crippen LogP contribution in [0.3, 0.4) is 0 Å². The summed E-state index contributed by atoms with van der Waals surface area (Å²) in [6.07, 6.45) is 2.38. The highest BCUT2D eigenvalue weighted by molar-refractivity contribution is 8.13. The molecule has 0 radical (unpaired) electrons. The minimum absolute atomic E-state index is 0.0663. The quantitative estimate of drug-likeness (QED) is 0.458. The fraction of sp³-hybridized carbons (Fsp3) is 0.429. The fourth-order valence-electron chi connectivity index (χ4n) is 3.86. The van der Waals surface area contributed by atoms with E-state index in [0.29, 0.717) is 35.8 Å². The lowest BCUT2D eigenvalue weighted by Gasteiger charge is -2.47. The number of thioether (sulfide) groups is 1. The van der Waals surface area contributed by atoms with E-state index in [1.807, 2.05) is 0 Å². The van der Waals surface area contributed by atoms with Gasteiger partial charge in [0.25, 0.3) is 0 Å². The SMILES string of the molecule is CNc1ccc(F)c(C23CCOC(CF)C2CSC(N)=N3)c1.O=Cc1cnc(OC(F)F)cn1. The van der Waals surface area contributed by atoms with Crippen LogP contribution in [0, 0.1) is 11.7 Å². The highest BCUT2D eigenvalue weighted by atomic mass is 32.2. The van der Waals surface area contributed by atoms with Crippen molar-refractivity contribution >= 4 is 28.9 Å². The first kappa shape index (κ1) is 25.7. The van der Waals surface area contributed by atoms with E-state index in [1.165, 1.54) is 17.8 Å². The van der Waals surface area contributed by atoms with Crippen LogP contribution < -0.4 is 15.8 Å². The first-order valence-electron chi connectivity index (χ1n) is 10.2. The number of nitrogens with zero attached hydrogens (tertiary/aromatic N) is 3. The number of hydrogen-bond acceptors (Lipinski definition) is 9. The summed E-state index contributed by atoms with van der Waals surface area (Å²) in [6, 6.07) is 4.83. The Labute approximate surface area is 197 Å². The molecule has 1 aromatic heterocycles. The van der Waals surface area contributed by atoms with Gasteiger partial charge in [-0.1, -0.05) is 11.8 Å². The number of anilines is 1. The summed E-state index contributed by atoms with van der Waals surface area (Å²) in [6.45, 7) is -3.19. The number of ether oxygens (including phenoxy) is 2. The Bertz CT molecular complexity index is 1010. The molecule has 3 N–H and O–H groups in total. The van der Waals surface area contributed by atoms with Gasteiger partial charge < -0.3 is 20.5 Å². The first-order chi connectivity index (χ1) is 16.3. The van der Waals surface area contributed by atoms with Crippen LogP contribution in [0.4, 0.5) is 23.2 Å². The summed E-state index contributed by atoms with van der Waals surface area (Å²) in [5, 5.41) is 3.43. The molecule has 0 aliphatic carbocycles. The molecule has 2 aliphatic rings. The number of benzene rings is 1. The molecule has 3 atom stereocenters. The second-order valence-corrected chi connectivity index (χ2v) is 8.37. The number of alkyl halides is 3. The topological polar surface area (TPSA) is 112 Å². The summed E-state index contributed by atoms with van der Waals surface area (Å²) in [5.41, 5.74) is 6.39. The summed E-state index contributed by atoms with van der Waals surface area (Å²) in [7, 11) is 1.77. The van der Waals surface area contributed by atoms with Crippen LogP contribution in [-0.2, 0) is 10.3 Å². The van der Waals surface area contributed by atoms with E-state index in [9.17, 15) is 22.4 Å². The van der Waals surface area contributed by atoms with Crippen LogP contribution in [-0.4, -0.2) is 60.2 Å². The zero-order valence-corrected chi connectivity index (χ0v) is 18.9. The van der Waals surface area contributed by atoms with E-state index in [0.717, 1.165) is 18.1 Å². The van der Waals surface area contributed by atoms with Crippen molar-refractivity contribution in [2.45, 2.75) is 24.7 Å². The van der Waals surface area contributed by atoms with Crippen molar-refractivity contribution in [3.63, 3.8) is 0 Å². The van der Waals surface area contributed by atoms with Gasteiger partial charge in [-0.05, 0) is 18.2 Å². The number of nitrogens with one attached hydrogen (secondary N) is 1. The van der Waals surface area contributed by atoms with Gasteiger partial charge in [-0.25, -0.2) is 18.7 Å². The molecule has 13 heteroatoms. The number of hydrogen-bond donors (Lipinski definition) is 2. The third-order valence-electron chi connectivity index (χ3n) is 5.45. The molecule has 2 aromatic rings. The maximum Gasteiger partial charge on any atom is 0.388 e. The molecule has 0 bridgehead atoms. The molecular formula is C21H23F4N5O3S. The van der Waals surface area contributed by atoms with Gasteiger partial charge in [0.15, 0.2) is 11.5 Å². The number of aliphatic imine (C=N–C) groups is 1. The van der Waals surface area contributed by atoms with Crippen LogP contribution in [0.15, 0.2) is 35.6 Å². The lowest BCUT2D eigenvalue weighted by molar-refractivity contribution is -0.0714. The summed E-state index contributed by atoms with van der Waals surface area (Å²) in [4.78, 5) is 21.5. The van der Waals surface area contributed by atoms with Crippen molar-refractivity contribution in [1.82, 2.24) is 9.97 Å². The van der Waals surface area contributed by atoms with Gasteiger partial charge in [0, 0.05) is 43.0 Å². The molecule has 0 spiro atoms. The molecule has 2 aliphatic heterocycles. The standard InChI is InChI=1S/C15H19F2N3OS.C6H4F2N2O2/c1-19-9-2-3-12(17)10(6-9)15-4-5-21-13(7-16)11(15)8-22-14(18)20-15;7-6(8)12-5-2-9-4(3-11)1-10-5/h2-3,6,11,13,19H,4-5,7-8H2,1H3,(H2,18,20);1-3,6H. The molecule has 1 saturated heterocycles. The second-order valence-electron chi connectivity index (χ2n) is 7.33. The third-order valence-corrected chi connectivity index (χ3v) is 6.36. The Hall–Kier alpha value is -2.93. The van der Waals surface area contributed by atoms with Gasteiger partial charge in [-0.2, -0.15) is 8.78 Å². The van der Waals surface area contributed by atoms with E-state index in [4.69, 9.17) is 10.5 Å². The molecule has 1 fully saturated rings. The Kier molecular flexibility index (Phi) is 8.67. The van der Waals surface area contributed by atoms with Crippen LogP contribution in [0.5, 0.6) is 5.88 Å². The second kappa shape index (κ2) is 11.5.